The molecule has 24 heavy (non-hydrogen) atoms. The fraction of sp³-hybridized carbons (Fsp3) is 0.550. The monoisotopic (exact) mass is 328 g/mol. The molecule has 1 aliphatic heterocycles. The normalized spacial score (nSPS) is 24.5. The molecule has 0 aromatic heterocycles. The maximum atomic E-state index is 11.9. The summed E-state index contributed by atoms with van der Waals surface area (Å²) in [4.78, 5) is 13.7. The lowest BCUT2D eigenvalue weighted by atomic mass is 10.1. The molecule has 1 saturated carbocycles. The smallest absolute Gasteiger partial charge is 0.410 e. The van der Waals surface area contributed by atoms with E-state index in [1.165, 1.54) is 17.6 Å². The van der Waals surface area contributed by atoms with Gasteiger partial charge in [-0.15, -0.1) is 0 Å². The van der Waals surface area contributed by atoms with Crippen molar-refractivity contribution < 1.29 is 9.53 Å². The fourth-order valence-corrected chi connectivity index (χ4v) is 3.16. The number of ether oxygens (including phenoxy) is 1. The van der Waals surface area contributed by atoms with Gasteiger partial charge in [0.1, 0.15) is 5.60 Å². The van der Waals surface area contributed by atoms with Gasteiger partial charge in [0, 0.05) is 25.2 Å². The molecule has 1 saturated heterocycles. The number of nitrogens with one attached hydrogen (secondary N) is 1. The third kappa shape index (κ3) is 4.38. The van der Waals surface area contributed by atoms with Crippen molar-refractivity contribution in [3.8, 4) is 0 Å². The number of carbonyl (C=O) groups is 1. The van der Waals surface area contributed by atoms with E-state index in [-0.39, 0.29) is 6.09 Å². The first kappa shape index (κ1) is 17.0. The van der Waals surface area contributed by atoms with Gasteiger partial charge < -0.3 is 15.0 Å². The van der Waals surface area contributed by atoms with Crippen molar-refractivity contribution in [1.82, 2.24) is 10.2 Å². The highest BCUT2D eigenvalue weighted by Gasteiger charge is 2.42. The van der Waals surface area contributed by atoms with Crippen molar-refractivity contribution in [2.45, 2.75) is 51.8 Å². The van der Waals surface area contributed by atoms with Crippen molar-refractivity contribution in [2.75, 3.05) is 13.1 Å². The van der Waals surface area contributed by atoms with Crippen molar-refractivity contribution in [2.24, 2.45) is 5.92 Å². The van der Waals surface area contributed by atoms with Crippen LogP contribution in [0.5, 0.6) is 0 Å². The SMILES string of the molecule is C/C(=C\c1ccccc1)C1CC1NC1CN(C(=O)OC(C)(C)C)C1. The third-order valence-corrected chi connectivity index (χ3v) is 4.55. The Morgan fingerprint density at radius 3 is 2.54 bits per heavy atom. The van der Waals surface area contributed by atoms with Crippen molar-refractivity contribution in [1.29, 1.82) is 0 Å². The second kappa shape index (κ2) is 6.60. The van der Waals surface area contributed by atoms with Crippen LogP contribution in [0.4, 0.5) is 4.79 Å². The lowest BCUT2D eigenvalue weighted by Crippen LogP contribution is -2.61. The molecule has 2 aliphatic rings. The Morgan fingerprint density at radius 2 is 1.92 bits per heavy atom. The van der Waals surface area contributed by atoms with E-state index in [1.54, 1.807) is 4.90 Å². The topological polar surface area (TPSA) is 41.6 Å². The third-order valence-electron chi connectivity index (χ3n) is 4.55. The summed E-state index contributed by atoms with van der Waals surface area (Å²) in [5.74, 6) is 0.626. The van der Waals surface area contributed by atoms with Gasteiger partial charge in [-0.05, 0) is 45.6 Å². The number of carbonyl (C=O) groups excluding carboxylic acids is 1. The largest absolute Gasteiger partial charge is 0.444 e. The van der Waals surface area contributed by atoms with Gasteiger partial charge in [0.2, 0.25) is 0 Å². The first-order chi connectivity index (χ1) is 11.3. The molecule has 130 valence electrons. The Morgan fingerprint density at radius 1 is 1.25 bits per heavy atom. The summed E-state index contributed by atoms with van der Waals surface area (Å²) in [6.45, 7) is 9.41. The summed E-state index contributed by atoms with van der Waals surface area (Å²) < 4.78 is 5.39. The molecule has 0 radical (unpaired) electrons. The summed E-state index contributed by atoms with van der Waals surface area (Å²) in [5.41, 5.74) is 2.28. The van der Waals surface area contributed by atoms with Crippen LogP contribution in [0, 0.1) is 5.92 Å². The minimum Gasteiger partial charge on any atom is -0.444 e. The summed E-state index contributed by atoms with van der Waals surface area (Å²) in [5, 5.41) is 3.66. The molecule has 0 bridgehead atoms. The Bertz CT molecular complexity index is 612. The lowest BCUT2D eigenvalue weighted by Gasteiger charge is -2.40. The van der Waals surface area contributed by atoms with Crippen molar-refractivity contribution >= 4 is 12.2 Å². The minimum atomic E-state index is -0.420. The number of benzene rings is 1. The quantitative estimate of drug-likeness (QED) is 0.916. The molecule has 1 aromatic carbocycles. The predicted molar refractivity (Wildman–Crippen MR) is 96.7 cm³/mol. The molecule has 1 aliphatic carbocycles. The molecular formula is C20H28N2O2. The Kier molecular flexibility index (Phi) is 4.68. The maximum absolute atomic E-state index is 11.9. The standard InChI is InChI=1S/C20H28N2O2/c1-14(10-15-8-6-5-7-9-15)17-11-18(17)21-16-12-22(13-16)19(23)24-20(2,3)4/h5-10,16-18,21H,11-13H2,1-4H3/b14-10+. The first-order valence-corrected chi connectivity index (χ1v) is 8.79. The number of likely N-dealkylation sites (tertiary alicyclic amines) is 1. The summed E-state index contributed by atoms with van der Waals surface area (Å²) in [6.07, 6.45) is 3.27. The Balaban J connectivity index is 1.41. The van der Waals surface area contributed by atoms with Crippen molar-refractivity contribution in [3.05, 3.63) is 41.5 Å². The van der Waals surface area contributed by atoms with Crippen LogP contribution < -0.4 is 5.32 Å². The molecule has 1 N–H and O–H groups in total. The number of hydrogen-bond acceptors (Lipinski definition) is 3. The molecule has 4 heteroatoms. The zero-order valence-electron chi connectivity index (χ0n) is 15.1. The number of amides is 1. The zero-order valence-corrected chi connectivity index (χ0v) is 15.1. The van der Waals surface area contributed by atoms with Gasteiger partial charge in [0.05, 0.1) is 0 Å². The van der Waals surface area contributed by atoms with Crippen LogP contribution in [0.1, 0.15) is 39.7 Å². The first-order valence-electron chi connectivity index (χ1n) is 8.79. The average molecular weight is 328 g/mol. The highest BCUT2D eigenvalue weighted by atomic mass is 16.6. The summed E-state index contributed by atoms with van der Waals surface area (Å²) >= 11 is 0. The van der Waals surface area contributed by atoms with Gasteiger partial charge >= 0.3 is 6.09 Å². The number of hydrogen-bond donors (Lipinski definition) is 1. The average Bonchev–Trinajstić information content (AvgIpc) is 3.21. The number of nitrogens with zero attached hydrogens (tertiary/aromatic N) is 1. The second-order valence-corrected chi connectivity index (χ2v) is 8.00. The molecule has 1 aromatic rings. The van der Waals surface area contributed by atoms with Crippen LogP contribution >= 0.6 is 0 Å². The fourth-order valence-electron chi connectivity index (χ4n) is 3.16. The molecule has 0 spiro atoms. The molecule has 4 nitrogen and oxygen atoms in total. The molecule has 3 rings (SSSR count). The molecule has 2 fully saturated rings. The van der Waals surface area contributed by atoms with E-state index in [9.17, 15) is 4.79 Å². The van der Waals surface area contributed by atoms with E-state index < -0.39 is 5.60 Å². The van der Waals surface area contributed by atoms with Gasteiger partial charge in [0.15, 0.2) is 0 Å². The maximum Gasteiger partial charge on any atom is 0.410 e. The van der Waals surface area contributed by atoms with Crippen LogP contribution in [0.25, 0.3) is 6.08 Å². The van der Waals surface area contributed by atoms with Crippen molar-refractivity contribution in [3.63, 3.8) is 0 Å². The highest BCUT2D eigenvalue weighted by Crippen LogP contribution is 2.38. The number of rotatable bonds is 4. The van der Waals surface area contributed by atoms with E-state index in [2.05, 4.69) is 42.6 Å². The molecular weight excluding hydrogens is 300 g/mol. The van der Waals surface area contributed by atoms with Gasteiger partial charge in [-0.3, -0.25) is 0 Å². The van der Waals surface area contributed by atoms with Gasteiger partial charge in [-0.1, -0.05) is 42.0 Å². The van der Waals surface area contributed by atoms with Crippen LogP contribution in [0.2, 0.25) is 0 Å². The molecule has 2 atom stereocenters. The van der Waals surface area contributed by atoms with E-state index in [0.29, 0.717) is 18.0 Å². The van der Waals surface area contributed by atoms with E-state index in [1.807, 2.05) is 26.8 Å². The van der Waals surface area contributed by atoms with E-state index in [0.717, 1.165) is 13.1 Å². The zero-order chi connectivity index (χ0) is 17.3. The lowest BCUT2D eigenvalue weighted by molar-refractivity contribution is 0.00506. The van der Waals surface area contributed by atoms with Crippen LogP contribution in [-0.4, -0.2) is 41.8 Å². The molecule has 1 amide bonds. The van der Waals surface area contributed by atoms with Gasteiger partial charge in [-0.2, -0.15) is 0 Å². The second-order valence-electron chi connectivity index (χ2n) is 8.00. The molecule has 2 unspecified atom stereocenters. The summed E-state index contributed by atoms with van der Waals surface area (Å²) in [7, 11) is 0. The van der Waals surface area contributed by atoms with E-state index >= 15 is 0 Å². The highest BCUT2D eigenvalue weighted by molar-refractivity contribution is 5.69. The summed E-state index contributed by atoms with van der Waals surface area (Å²) in [6, 6.07) is 11.4. The Labute approximate surface area is 144 Å². The van der Waals surface area contributed by atoms with Gasteiger partial charge in [-0.25, -0.2) is 4.79 Å². The van der Waals surface area contributed by atoms with Gasteiger partial charge in [0.25, 0.3) is 0 Å². The predicted octanol–water partition coefficient (Wildman–Crippen LogP) is 3.69. The van der Waals surface area contributed by atoms with Crippen LogP contribution in [-0.2, 0) is 4.74 Å². The Hall–Kier alpha value is -1.81. The van der Waals surface area contributed by atoms with Crippen LogP contribution in [0.15, 0.2) is 35.9 Å². The minimum absolute atomic E-state index is 0.201. The molecule has 1 heterocycles. The van der Waals surface area contributed by atoms with E-state index in [4.69, 9.17) is 4.74 Å². The van der Waals surface area contributed by atoms with Crippen LogP contribution in [0.3, 0.4) is 0 Å².